The third-order valence-corrected chi connectivity index (χ3v) is 0.483. The second-order valence-corrected chi connectivity index (χ2v) is 1.15. The molecule has 4 heteroatoms. The SMILES string of the molecule is CC=COC(=O)C=[N+]=[N-]. The van der Waals surface area contributed by atoms with Crippen molar-refractivity contribution >= 4 is 12.2 Å². The molecule has 0 aliphatic carbocycles. The van der Waals surface area contributed by atoms with Gasteiger partial charge in [0, 0.05) is 0 Å². The van der Waals surface area contributed by atoms with E-state index in [1.165, 1.54) is 6.26 Å². The van der Waals surface area contributed by atoms with Gasteiger partial charge in [0.25, 0.3) is 0 Å². The molecular weight excluding hydrogens is 120 g/mol. The van der Waals surface area contributed by atoms with Crippen molar-refractivity contribution in [2.75, 3.05) is 0 Å². The Labute approximate surface area is 52.4 Å². The average molecular weight is 126 g/mol. The molecular formula is C5H6N2O2. The average Bonchev–Trinajstić information content (AvgIpc) is 1.85. The van der Waals surface area contributed by atoms with E-state index in [9.17, 15) is 4.79 Å². The van der Waals surface area contributed by atoms with E-state index in [2.05, 4.69) is 9.53 Å². The molecule has 0 radical (unpaired) electrons. The van der Waals surface area contributed by atoms with Crippen LogP contribution in [0.5, 0.6) is 0 Å². The number of nitrogens with zero attached hydrogens (tertiary/aromatic N) is 2. The third kappa shape index (κ3) is 4.44. The van der Waals surface area contributed by atoms with Gasteiger partial charge < -0.3 is 10.3 Å². The quantitative estimate of drug-likeness (QED) is 0.176. The van der Waals surface area contributed by atoms with E-state index >= 15 is 0 Å². The van der Waals surface area contributed by atoms with E-state index in [4.69, 9.17) is 5.53 Å². The van der Waals surface area contributed by atoms with Gasteiger partial charge in [-0.05, 0) is 6.92 Å². The number of esters is 1. The van der Waals surface area contributed by atoms with Crippen LogP contribution in [0.1, 0.15) is 6.92 Å². The molecule has 0 aromatic carbocycles. The first-order chi connectivity index (χ1) is 4.31. The van der Waals surface area contributed by atoms with Crippen molar-refractivity contribution in [3.05, 3.63) is 17.9 Å². The highest BCUT2D eigenvalue weighted by Crippen LogP contribution is 1.74. The highest BCUT2D eigenvalue weighted by atomic mass is 16.5. The van der Waals surface area contributed by atoms with Crippen LogP contribution in [0, 0.1) is 0 Å². The van der Waals surface area contributed by atoms with Gasteiger partial charge in [-0.3, -0.25) is 0 Å². The lowest BCUT2D eigenvalue weighted by atomic mass is 10.7. The van der Waals surface area contributed by atoms with Gasteiger partial charge in [-0.25, -0.2) is 4.79 Å². The summed E-state index contributed by atoms with van der Waals surface area (Å²) in [6.07, 6.45) is 3.41. The van der Waals surface area contributed by atoms with E-state index in [-0.39, 0.29) is 0 Å². The van der Waals surface area contributed by atoms with Crippen molar-refractivity contribution in [3.63, 3.8) is 0 Å². The molecule has 0 saturated carbocycles. The summed E-state index contributed by atoms with van der Waals surface area (Å²) in [6, 6.07) is 0. The zero-order chi connectivity index (χ0) is 7.11. The molecule has 0 amide bonds. The minimum absolute atomic E-state index is 0.667. The molecule has 0 unspecified atom stereocenters. The number of hydrogen-bond acceptors (Lipinski definition) is 2. The van der Waals surface area contributed by atoms with Gasteiger partial charge in [-0.15, -0.1) is 0 Å². The predicted octanol–water partition coefficient (Wildman–Crippen LogP) is 0.364. The Hall–Kier alpha value is -1.41. The summed E-state index contributed by atoms with van der Waals surface area (Å²) in [5.41, 5.74) is 7.78. The molecule has 9 heavy (non-hydrogen) atoms. The van der Waals surface area contributed by atoms with E-state index < -0.39 is 5.97 Å². The number of rotatable bonds is 2. The van der Waals surface area contributed by atoms with Crippen molar-refractivity contribution < 1.29 is 14.3 Å². The first-order valence-electron chi connectivity index (χ1n) is 2.30. The lowest BCUT2D eigenvalue weighted by Gasteiger charge is -1.82. The maximum absolute atomic E-state index is 10.2. The van der Waals surface area contributed by atoms with Gasteiger partial charge in [-0.1, -0.05) is 6.08 Å². The molecule has 0 aromatic heterocycles. The summed E-state index contributed by atoms with van der Waals surface area (Å²) in [5, 5.41) is 0. The third-order valence-electron chi connectivity index (χ3n) is 0.483. The Kier molecular flexibility index (Phi) is 4.00. The molecule has 0 N–H and O–H groups in total. The maximum atomic E-state index is 10.2. The van der Waals surface area contributed by atoms with Gasteiger partial charge in [-0.2, -0.15) is 4.79 Å². The zero-order valence-corrected chi connectivity index (χ0v) is 4.94. The first-order valence-corrected chi connectivity index (χ1v) is 2.30. The van der Waals surface area contributed by atoms with Crippen molar-refractivity contribution in [1.82, 2.24) is 0 Å². The van der Waals surface area contributed by atoms with E-state index in [0.717, 1.165) is 0 Å². The largest absolute Gasteiger partial charge is 0.426 e. The summed E-state index contributed by atoms with van der Waals surface area (Å²) >= 11 is 0. The Bertz CT molecular complexity index is 168. The van der Waals surface area contributed by atoms with Crippen LogP contribution in [0.3, 0.4) is 0 Å². The molecule has 0 heterocycles. The Balaban J connectivity index is 3.64. The number of carbonyl (C=O) groups is 1. The van der Waals surface area contributed by atoms with Crippen molar-refractivity contribution in [2.24, 2.45) is 0 Å². The topological polar surface area (TPSA) is 62.7 Å². The fourth-order valence-electron chi connectivity index (χ4n) is 0.213. The van der Waals surface area contributed by atoms with Crippen molar-refractivity contribution in [3.8, 4) is 0 Å². The lowest BCUT2D eigenvalue weighted by Crippen LogP contribution is -2.00. The molecule has 0 aliphatic heterocycles. The van der Waals surface area contributed by atoms with Crippen LogP contribution in [0.2, 0.25) is 0 Å². The van der Waals surface area contributed by atoms with E-state index in [0.29, 0.717) is 6.21 Å². The van der Waals surface area contributed by atoms with Crippen LogP contribution in [-0.4, -0.2) is 17.0 Å². The summed E-state index contributed by atoms with van der Waals surface area (Å²) in [4.78, 5) is 12.7. The first kappa shape index (κ1) is 7.59. The number of carbonyl (C=O) groups excluding carboxylic acids is 1. The van der Waals surface area contributed by atoms with Crippen LogP contribution in [0.15, 0.2) is 12.3 Å². The zero-order valence-electron chi connectivity index (χ0n) is 4.94. The number of allylic oxidation sites excluding steroid dienone is 1. The summed E-state index contributed by atoms with van der Waals surface area (Å²) in [5.74, 6) is -0.699. The summed E-state index contributed by atoms with van der Waals surface area (Å²) < 4.78 is 4.30. The molecule has 0 fully saturated rings. The Morgan fingerprint density at radius 3 is 2.89 bits per heavy atom. The standard InChI is InChI=1S/C5H6N2O2/c1-2-3-9-5(8)4-7-6/h2-4H,1H3. The summed E-state index contributed by atoms with van der Waals surface area (Å²) in [6.45, 7) is 1.70. The molecule has 0 spiro atoms. The Morgan fingerprint density at radius 1 is 1.78 bits per heavy atom. The monoisotopic (exact) mass is 126 g/mol. The number of hydrogen-bond donors (Lipinski definition) is 0. The minimum Gasteiger partial charge on any atom is -0.426 e. The molecule has 0 bridgehead atoms. The fourth-order valence-corrected chi connectivity index (χ4v) is 0.213. The van der Waals surface area contributed by atoms with Crippen LogP contribution in [-0.2, 0) is 9.53 Å². The summed E-state index contributed by atoms with van der Waals surface area (Å²) in [7, 11) is 0. The van der Waals surface area contributed by atoms with Gasteiger partial charge in [0.15, 0.2) is 0 Å². The van der Waals surface area contributed by atoms with Crippen LogP contribution < -0.4 is 0 Å². The van der Waals surface area contributed by atoms with Crippen LogP contribution in [0.4, 0.5) is 0 Å². The smallest absolute Gasteiger partial charge is 0.418 e. The lowest BCUT2D eigenvalue weighted by molar-refractivity contribution is -0.133. The second kappa shape index (κ2) is 4.74. The molecule has 4 nitrogen and oxygen atoms in total. The van der Waals surface area contributed by atoms with E-state index in [1.807, 2.05) is 0 Å². The maximum Gasteiger partial charge on any atom is 0.418 e. The Morgan fingerprint density at radius 2 is 2.44 bits per heavy atom. The van der Waals surface area contributed by atoms with Crippen LogP contribution in [0.25, 0.3) is 5.53 Å². The highest BCUT2D eigenvalue weighted by molar-refractivity contribution is 6.20. The molecule has 48 valence electrons. The van der Waals surface area contributed by atoms with Gasteiger partial charge in [0.2, 0.25) is 0 Å². The molecule has 0 atom stereocenters. The van der Waals surface area contributed by atoms with Gasteiger partial charge >= 0.3 is 12.2 Å². The normalized spacial score (nSPS) is 8.56. The molecule has 0 aromatic rings. The number of ether oxygens (including phenoxy) is 1. The van der Waals surface area contributed by atoms with E-state index in [1.54, 1.807) is 13.0 Å². The van der Waals surface area contributed by atoms with Gasteiger partial charge in [0.1, 0.15) is 0 Å². The van der Waals surface area contributed by atoms with Crippen molar-refractivity contribution in [2.45, 2.75) is 6.92 Å². The van der Waals surface area contributed by atoms with Gasteiger partial charge in [0.05, 0.1) is 6.26 Å². The molecule has 0 rings (SSSR count). The predicted molar refractivity (Wildman–Crippen MR) is 30.6 cm³/mol. The highest BCUT2D eigenvalue weighted by Gasteiger charge is 1.97. The fraction of sp³-hybridized carbons (Fsp3) is 0.200. The minimum atomic E-state index is -0.699. The van der Waals surface area contributed by atoms with Crippen molar-refractivity contribution in [1.29, 1.82) is 0 Å². The molecule has 0 aliphatic rings. The second-order valence-electron chi connectivity index (χ2n) is 1.15. The molecule has 0 saturated heterocycles. The van der Waals surface area contributed by atoms with Crippen LogP contribution >= 0.6 is 0 Å².